The van der Waals surface area contributed by atoms with E-state index in [4.69, 9.17) is 13.9 Å². The Morgan fingerprint density at radius 2 is 1.83 bits per heavy atom. The quantitative estimate of drug-likeness (QED) is 0.561. The van der Waals surface area contributed by atoms with Gasteiger partial charge in [0, 0.05) is 12.1 Å². The maximum atomic E-state index is 12.8. The molecule has 1 aromatic heterocycles. The third-order valence-corrected chi connectivity index (χ3v) is 4.21. The lowest BCUT2D eigenvalue weighted by molar-refractivity contribution is 0.0372. The second-order valence-electron chi connectivity index (χ2n) is 6.79. The van der Waals surface area contributed by atoms with Crippen molar-refractivity contribution in [2.45, 2.75) is 33.4 Å². The number of oxazole rings is 1. The van der Waals surface area contributed by atoms with E-state index >= 15 is 0 Å². The number of benzene rings is 2. The van der Waals surface area contributed by atoms with E-state index in [2.05, 4.69) is 10.3 Å². The van der Waals surface area contributed by atoms with E-state index in [1.807, 2.05) is 31.2 Å². The molecular weight excluding hydrogens is 384 g/mol. The van der Waals surface area contributed by atoms with E-state index in [-0.39, 0.29) is 23.5 Å². The predicted molar refractivity (Wildman–Crippen MR) is 111 cm³/mol. The lowest BCUT2D eigenvalue weighted by Crippen LogP contribution is -2.23. The molecule has 0 atom stereocenters. The van der Waals surface area contributed by atoms with Crippen molar-refractivity contribution in [3.05, 3.63) is 71.7 Å². The molecule has 7 heteroatoms. The SMILES string of the molecule is CCOc1ccc(CNC(=O)c2ccccc2-c2ocnc2C(=O)OC(C)C)cc1. The molecule has 0 aliphatic rings. The zero-order chi connectivity index (χ0) is 21.5. The van der Waals surface area contributed by atoms with Crippen LogP contribution in [0.3, 0.4) is 0 Å². The van der Waals surface area contributed by atoms with Crippen LogP contribution < -0.4 is 10.1 Å². The van der Waals surface area contributed by atoms with Gasteiger partial charge in [-0.1, -0.05) is 30.3 Å². The van der Waals surface area contributed by atoms with Crippen molar-refractivity contribution in [2.24, 2.45) is 0 Å². The van der Waals surface area contributed by atoms with Crippen LogP contribution in [0, 0.1) is 0 Å². The minimum Gasteiger partial charge on any atom is -0.494 e. The van der Waals surface area contributed by atoms with Crippen LogP contribution in [0.1, 0.15) is 47.2 Å². The van der Waals surface area contributed by atoms with Crippen molar-refractivity contribution in [1.82, 2.24) is 10.3 Å². The second-order valence-corrected chi connectivity index (χ2v) is 6.79. The zero-order valence-corrected chi connectivity index (χ0v) is 17.2. The van der Waals surface area contributed by atoms with Gasteiger partial charge in [-0.25, -0.2) is 9.78 Å². The summed E-state index contributed by atoms with van der Waals surface area (Å²) in [6.45, 7) is 6.37. The molecule has 7 nitrogen and oxygen atoms in total. The molecule has 0 unspecified atom stereocenters. The molecule has 3 aromatic rings. The Bertz CT molecular complexity index is 1010. The molecule has 0 aliphatic carbocycles. The maximum Gasteiger partial charge on any atom is 0.361 e. The lowest BCUT2D eigenvalue weighted by atomic mass is 10.0. The smallest absolute Gasteiger partial charge is 0.361 e. The van der Waals surface area contributed by atoms with E-state index in [0.29, 0.717) is 24.3 Å². The van der Waals surface area contributed by atoms with Crippen LogP contribution in [-0.4, -0.2) is 29.6 Å². The number of hydrogen-bond donors (Lipinski definition) is 1. The molecule has 0 fully saturated rings. The fourth-order valence-corrected chi connectivity index (χ4v) is 2.88. The van der Waals surface area contributed by atoms with Crippen molar-refractivity contribution in [3.63, 3.8) is 0 Å². The first-order chi connectivity index (χ1) is 14.5. The van der Waals surface area contributed by atoms with Crippen LogP contribution in [0.25, 0.3) is 11.3 Å². The van der Waals surface area contributed by atoms with Gasteiger partial charge in [0.2, 0.25) is 0 Å². The fourth-order valence-electron chi connectivity index (χ4n) is 2.88. The molecule has 1 amide bonds. The topological polar surface area (TPSA) is 90.7 Å². The summed E-state index contributed by atoms with van der Waals surface area (Å²) in [6, 6.07) is 14.4. The van der Waals surface area contributed by atoms with Gasteiger partial charge in [-0.15, -0.1) is 0 Å². The number of carbonyl (C=O) groups excluding carboxylic acids is 2. The minimum atomic E-state index is -0.599. The number of nitrogens with one attached hydrogen (secondary N) is 1. The number of carbonyl (C=O) groups is 2. The summed E-state index contributed by atoms with van der Waals surface area (Å²) >= 11 is 0. The summed E-state index contributed by atoms with van der Waals surface area (Å²) in [5.41, 5.74) is 1.81. The van der Waals surface area contributed by atoms with E-state index in [1.165, 1.54) is 6.39 Å². The molecule has 0 aliphatic heterocycles. The molecule has 2 aromatic carbocycles. The van der Waals surface area contributed by atoms with Gasteiger partial charge in [-0.2, -0.15) is 0 Å². The summed E-state index contributed by atoms with van der Waals surface area (Å²) in [5, 5.41) is 2.89. The average Bonchev–Trinajstić information content (AvgIpc) is 3.23. The van der Waals surface area contributed by atoms with E-state index in [0.717, 1.165) is 11.3 Å². The van der Waals surface area contributed by atoms with Crippen LogP contribution >= 0.6 is 0 Å². The predicted octanol–water partition coefficient (Wildman–Crippen LogP) is 4.24. The first-order valence-electron chi connectivity index (χ1n) is 9.73. The molecule has 3 rings (SSSR count). The highest BCUT2D eigenvalue weighted by atomic mass is 16.5. The van der Waals surface area contributed by atoms with Gasteiger partial charge in [0.1, 0.15) is 5.75 Å². The van der Waals surface area contributed by atoms with Crippen molar-refractivity contribution >= 4 is 11.9 Å². The third-order valence-electron chi connectivity index (χ3n) is 4.21. The van der Waals surface area contributed by atoms with Gasteiger partial charge in [-0.05, 0) is 44.5 Å². The van der Waals surface area contributed by atoms with Crippen molar-refractivity contribution in [2.75, 3.05) is 6.61 Å². The van der Waals surface area contributed by atoms with E-state index in [1.54, 1.807) is 38.1 Å². The Hall–Kier alpha value is -3.61. The Morgan fingerprint density at radius 3 is 2.53 bits per heavy atom. The highest BCUT2D eigenvalue weighted by Crippen LogP contribution is 2.27. The van der Waals surface area contributed by atoms with Gasteiger partial charge < -0.3 is 19.2 Å². The molecule has 0 spiro atoms. The molecule has 0 saturated heterocycles. The molecular formula is C23H24N2O5. The summed E-state index contributed by atoms with van der Waals surface area (Å²) in [4.78, 5) is 29.1. The summed E-state index contributed by atoms with van der Waals surface area (Å²) in [5.74, 6) is 0.0916. The number of rotatable bonds is 8. The molecule has 1 heterocycles. The third kappa shape index (κ3) is 5.05. The van der Waals surface area contributed by atoms with Gasteiger partial charge in [0.25, 0.3) is 5.91 Å². The largest absolute Gasteiger partial charge is 0.494 e. The molecule has 0 radical (unpaired) electrons. The maximum absolute atomic E-state index is 12.8. The summed E-state index contributed by atoms with van der Waals surface area (Å²) in [6.07, 6.45) is 0.871. The number of nitrogens with zero attached hydrogens (tertiary/aromatic N) is 1. The number of hydrogen-bond acceptors (Lipinski definition) is 6. The number of ether oxygens (including phenoxy) is 2. The Morgan fingerprint density at radius 1 is 1.10 bits per heavy atom. The van der Waals surface area contributed by atoms with Gasteiger partial charge in [-0.3, -0.25) is 4.79 Å². The molecule has 1 N–H and O–H groups in total. The van der Waals surface area contributed by atoms with Crippen LogP contribution in [-0.2, 0) is 11.3 Å². The van der Waals surface area contributed by atoms with Crippen molar-refractivity contribution < 1.29 is 23.5 Å². The van der Waals surface area contributed by atoms with Gasteiger partial charge in [0.15, 0.2) is 17.8 Å². The minimum absolute atomic E-state index is 0.0375. The highest BCUT2D eigenvalue weighted by Gasteiger charge is 2.24. The highest BCUT2D eigenvalue weighted by molar-refractivity contribution is 6.03. The zero-order valence-electron chi connectivity index (χ0n) is 17.2. The average molecular weight is 408 g/mol. The first kappa shape index (κ1) is 21.1. The standard InChI is InChI=1S/C23H24N2O5/c1-4-28-17-11-9-16(10-12-17)13-24-22(26)19-8-6-5-7-18(19)21-20(25-14-29-21)23(27)30-15(2)3/h5-12,14-15H,4,13H2,1-3H3,(H,24,26). The first-order valence-corrected chi connectivity index (χ1v) is 9.73. The van der Waals surface area contributed by atoms with Crippen LogP contribution in [0.5, 0.6) is 5.75 Å². The molecule has 30 heavy (non-hydrogen) atoms. The molecule has 0 bridgehead atoms. The van der Waals surface area contributed by atoms with E-state index in [9.17, 15) is 9.59 Å². The fraction of sp³-hybridized carbons (Fsp3) is 0.261. The lowest BCUT2D eigenvalue weighted by Gasteiger charge is -2.11. The van der Waals surface area contributed by atoms with Gasteiger partial charge >= 0.3 is 5.97 Å². The summed E-state index contributed by atoms with van der Waals surface area (Å²) < 4.78 is 16.1. The van der Waals surface area contributed by atoms with Crippen LogP contribution in [0.4, 0.5) is 0 Å². The monoisotopic (exact) mass is 408 g/mol. The Labute approximate surface area is 175 Å². The van der Waals surface area contributed by atoms with Gasteiger partial charge in [0.05, 0.1) is 18.3 Å². The number of esters is 1. The van der Waals surface area contributed by atoms with E-state index < -0.39 is 5.97 Å². The Balaban J connectivity index is 1.78. The molecule has 0 saturated carbocycles. The van der Waals surface area contributed by atoms with Crippen molar-refractivity contribution in [3.8, 4) is 17.1 Å². The summed E-state index contributed by atoms with van der Waals surface area (Å²) in [7, 11) is 0. The van der Waals surface area contributed by atoms with Crippen LogP contribution in [0.2, 0.25) is 0 Å². The van der Waals surface area contributed by atoms with Crippen molar-refractivity contribution in [1.29, 1.82) is 0 Å². The molecule has 156 valence electrons. The number of aromatic nitrogens is 1. The normalized spacial score (nSPS) is 10.7. The van der Waals surface area contributed by atoms with Crippen LogP contribution in [0.15, 0.2) is 59.3 Å². The Kier molecular flexibility index (Phi) is 6.85. The number of amides is 1. The second kappa shape index (κ2) is 9.73.